The van der Waals surface area contributed by atoms with Crippen LogP contribution >= 0.6 is 0 Å². The monoisotopic (exact) mass is 362 g/mol. The Labute approximate surface area is 157 Å². The molecule has 2 aromatic heterocycles. The predicted octanol–water partition coefficient (Wildman–Crippen LogP) is 2.60. The molecule has 0 aliphatic carbocycles. The van der Waals surface area contributed by atoms with Crippen LogP contribution < -0.4 is 5.32 Å². The van der Waals surface area contributed by atoms with Crippen LogP contribution in [0, 0.1) is 0 Å². The van der Waals surface area contributed by atoms with Crippen molar-refractivity contribution in [2.24, 2.45) is 7.05 Å². The number of anilines is 1. The predicted molar refractivity (Wildman–Crippen MR) is 103 cm³/mol. The van der Waals surface area contributed by atoms with Gasteiger partial charge in [-0.05, 0) is 49.4 Å². The lowest BCUT2D eigenvalue weighted by molar-refractivity contribution is -0.117. The van der Waals surface area contributed by atoms with Crippen LogP contribution in [0.15, 0.2) is 36.7 Å². The van der Waals surface area contributed by atoms with E-state index in [1.54, 1.807) is 4.68 Å². The minimum absolute atomic E-state index is 0.00846. The standard InChI is InChI=1S/C20H22N6O/c1-25-11-15(10-21-25)13-2-7-18-14(8-13)9-19(24-23-18)22-20(27)12-26-16-3-4-17(26)6-5-16/h2,7-11,16-17H,3-6,12H2,1H3,(H,22,24,27). The van der Waals surface area contributed by atoms with E-state index in [4.69, 9.17) is 0 Å². The summed E-state index contributed by atoms with van der Waals surface area (Å²) in [5.41, 5.74) is 2.92. The molecule has 0 spiro atoms. The van der Waals surface area contributed by atoms with E-state index in [9.17, 15) is 4.79 Å². The van der Waals surface area contributed by atoms with Gasteiger partial charge in [0.15, 0.2) is 5.82 Å². The summed E-state index contributed by atoms with van der Waals surface area (Å²) in [7, 11) is 1.90. The molecular formula is C20H22N6O. The number of carbonyl (C=O) groups is 1. The van der Waals surface area contributed by atoms with Crippen LogP contribution in [0.25, 0.3) is 22.0 Å². The van der Waals surface area contributed by atoms with Gasteiger partial charge < -0.3 is 5.32 Å². The molecule has 2 aliphatic rings. The Bertz CT molecular complexity index is 993. The summed E-state index contributed by atoms with van der Waals surface area (Å²) in [5.74, 6) is 0.494. The zero-order chi connectivity index (χ0) is 18.4. The lowest BCUT2D eigenvalue weighted by Crippen LogP contribution is -2.36. The van der Waals surface area contributed by atoms with Gasteiger partial charge in [0, 0.05) is 36.3 Å². The number of hydrogen-bond acceptors (Lipinski definition) is 5. The van der Waals surface area contributed by atoms with Crippen LogP contribution in [0.3, 0.4) is 0 Å². The van der Waals surface area contributed by atoms with E-state index in [2.05, 4.69) is 31.6 Å². The maximum Gasteiger partial charge on any atom is 0.239 e. The molecule has 3 aromatic rings. The van der Waals surface area contributed by atoms with Crippen LogP contribution in [-0.2, 0) is 11.8 Å². The van der Waals surface area contributed by atoms with Gasteiger partial charge in [0.2, 0.25) is 5.91 Å². The lowest BCUT2D eigenvalue weighted by Gasteiger charge is -2.20. The second-order valence-electron chi connectivity index (χ2n) is 7.59. The summed E-state index contributed by atoms with van der Waals surface area (Å²) in [6.45, 7) is 0.449. The Morgan fingerprint density at radius 3 is 2.59 bits per heavy atom. The number of rotatable bonds is 4. The third-order valence-electron chi connectivity index (χ3n) is 5.82. The molecule has 0 saturated carbocycles. The molecule has 0 atom stereocenters. The van der Waals surface area contributed by atoms with Gasteiger partial charge in [-0.25, -0.2) is 0 Å². The molecule has 7 nitrogen and oxygen atoms in total. The Balaban J connectivity index is 1.35. The number of carbonyl (C=O) groups excluding carboxylic acids is 1. The van der Waals surface area contributed by atoms with Gasteiger partial charge in [-0.2, -0.15) is 5.10 Å². The van der Waals surface area contributed by atoms with E-state index in [-0.39, 0.29) is 5.91 Å². The van der Waals surface area contributed by atoms with Crippen LogP contribution in [0.5, 0.6) is 0 Å². The molecule has 2 aliphatic heterocycles. The van der Waals surface area contributed by atoms with Crippen molar-refractivity contribution in [3.05, 3.63) is 36.7 Å². The Hall–Kier alpha value is -2.80. The van der Waals surface area contributed by atoms with Crippen molar-refractivity contribution in [2.75, 3.05) is 11.9 Å². The van der Waals surface area contributed by atoms with Gasteiger partial charge >= 0.3 is 0 Å². The van der Waals surface area contributed by atoms with Crippen molar-refractivity contribution < 1.29 is 4.79 Å². The molecule has 4 heterocycles. The minimum Gasteiger partial charge on any atom is -0.308 e. The number of nitrogens with zero attached hydrogens (tertiary/aromatic N) is 5. The number of aromatic nitrogens is 4. The van der Waals surface area contributed by atoms with E-state index in [0.717, 1.165) is 22.0 Å². The van der Waals surface area contributed by atoms with Gasteiger partial charge in [0.1, 0.15) is 0 Å². The number of fused-ring (bicyclic) bond motifs is 3. The van der Waals surface area contributed by atoms with E-state index in [1.807, 2.05) is 37.6 Å². The van der Waals surface area contributed by atoms with Crippen LogP contribution in [0.4, 0.5) is 5.82 Å². The number of benzene rings is 1. The molecule has 0 unspecified atom stereocenters. The molecule has 5 rings (SSSR count). The zero-order valence-electron chi connectivity index (χ0n) is 15.3. The molecule has 2 saturated heterocycles. The van der Waals surface area contributed by atoms with E-state index >= 15 is 0 Å². The minimum atomic E-state index is -0.00846. The highest BCUT2D eigenvalue weighted by Gasteiger charge is 2.39. The Kier molecular flexibility index (Phi) is 3.89. The average Bonchev–Trinajstić information content (AvgIpc) is 3.37. The van der Waals surface area contributed by atoms with E-state index in [0.29, 0.717) is 24.4 Å². The molecular weight excluding hydrogens is 340 g/mol. The van der Waals surface area contributed by atoms with E-state index in [1.165, 1.54) is 25.7 Å². The maximum atomic E-state index is 12.5. The van der Waals surface area contributed by atoms with Gasteiger partial charge in [-0.3, -0.25) is 14.4 Å². The lowest BCUT2D eigenvalue weighted by atomic mass is 10.0. The highest BCUT2D eigenvalue weighted by molar-refractivity contribution is 5.93. The summed E-state index contributed by atoms with van der Waals surface area (Å²) in [4.78, 5) is 14.8. The SMILES string of the molecule is Cn1cc(-c2ccc3nnc(NC(=O)CN4C5CCC4CC5)cc3c2)cn1. The van der Waals surface area contributed by atoms with Crippen LogP contribution in [0.2, 0.25) is 0 Å². The Morgan fingerprint density at radius 1 is 1.11 bits per heavy atom. The van der Waals surface area contributed by atoms with Crippen molar-refractivity contribution in [1.29, 1.82) is 0 Å². The number of amides is 1. The molecule has 2 bridgehead atoms. The summed E-state index contributed by atoms with van der Waals surface area (Å²) in [6, 6.07) is 9.07. The van der Waals surface area contributed by atoms with E-state index < -0.39 is 0 Å². The van der Waals surface area contributed by atoms with Crippen molar-refractivity contribution in [1.82, 2.24) is 24.9 Å². The van der Waals surface area contributed by atoms with Crippen molar-refractivity contribution in [3.63, 3.8) is 0 Å². The van der Waals surface area contributed by atoms with Gasteiger partial charge in [-0.15, -0.1) is 10.2 Å². The third kappa shape index (κ3) is 3.08. The fourth-order valence-corrected chi connectivity index (χ4v) is 4.48. The molecule has 0 radical (unpaired) electrons. The maximum absolute atomic E-state index is 12.5. The molecule has 1 amide bonds. The quantitative estimate of drug-likeness (QED) is 0.772. The molecule has 1 aromatic carbocycles. The Morgan fingerprint density at radius 2 is 1.89 bits per heavy atom. The van der Waals surface area contributed by atoms with Crippen molar-refractivity contribution in [2.45, 2.75) is 37.8 Å². The highest BCUT2D eigenvalue weighted by atomic mass is 16.2. The first-order valence-corrected chi connectivity index (χ1v) is 9.48. The first kappa shape index (κ1) is 16.4. The number of nitrogens with one attached hydrogen (secondary N) is 1. The third-order valence-corrected chi connectivity index (χ3v) is 5.82. The van der Waals surface area contributed by atoms with Gasteiger partial charge in [0.25, 0.3) is 0 Å². The smallest absolute Gasteiger partial charge is 0.239 e. The topological polar surface area (TPSA) is 75.9 Å². The fourth-order valence-electron chi connectivity index (χ4n) is 4.48. The number of hydrogen-bond donors (Lipinski definition) is 1. The summed E-state index contributed by atoms with van der Waals surface area (Å²) < 4.78 is 1.78. The van der Waals surface area contributed by atoms with Crippen molar-refractivity contribution >= 4 is 22.6 Å². The second-order valence-corrected chi connectivity index (χ2v) is 7.59. The van der Waals surface area contributed by atoms with Crippen LogP contribution in [0.1, 0.15) is 25.7 Å². The fraction of sp³-hybridized carbons (Fsp3) is 0.400. The summed E-state index contributed by atoms with van der Waals surface area (Å²) in [5, 5.41) is 16.5. The second kappa shape index (κ2) is 6.42. The summed E-state index contributed by atoms with van der Waals surface area (Å²) in [6.07, 6.45) is 8.72. The zero-order valence-corrected chi connectivity index (χ0v) is 15.3. The number of aryl methyl sites for hydroxylation is 1. The first-order valence-electron chi connectivity index (χ1n) is 9.48. The summed E-state index contributed by atoms with van der Waals surface area (Å²) >= 11 is 0. The molecule has 1 N–H and O–H groups in total. The van der Waals surface area contributed by atoms with Gasteiger partial charge in [-0.1, -0.05) is 6.07 Å². The average molecular weight is 362 g/mol. The highest BCUT2D eigenvalue weighted by Crippen LogP contribution is 2.36. The molecule has 27 heavy (non-hydrogen) atoms. The first-order chi connectivity index (χ1) is 13.2. The van der Waals surface area contributed by atoms with Crippen molar-refractivity contribution in [3.8, 4) is 11.1 Å². The molecule has 2 fully saturated rings. The molecule has 138 valence electrons. The van der Waals surface area contributed by atoms with Gasteiger partial charge in [0.05, 0.1) is 18.3 Å². The van der Waals surface area contributed by atoms with Crippen LogP contribution in [-0.4, -0.2) is 49.4 Å². The largest absolute Gasteiger partial charge is 0.308 e. The molecule has 7 heteroatoms. The normalized spacial score (nSPS) is 21.8.